The second-order valence-electron chi connectivity index (χ2n) is 10.5. The maximum Gasteiger partial charge on any atom is 0.255 e. The van der Waals surface area contributed by atoms with Gasteiger partial charge in [-0.2, -0.15) is 4.31 Å². The van der Waals surface area contributed by atoms with Crippen LogP contribution in [0.4, 0.5) is 11.4 Å². The van der Waals surface area contributed by atoms with Crippen LogP contribution >= 0.6 is 11.6 Å². The van der Waals surface area contributed by atoms with E-state index in [-0.39, 0.29) is 41.1 Å². The molecule has 0 saturated carbocycles. The van der Waals surface area contributed by atoms with Crippen molar-refractivity contribution < 1.29 is 18.0 Å². The zero-order valence-corrected chi connectivity index (χ0v) is 23.3. The summed E-state index contributed by atoms with van der Waals surface area (Å²) in [6.45, 7) is 6.87. The Morgan fingerprint density at radius 2 is 1.45 bits per heavy atom. The van der Waals surface area contributed by atoms with Crippen LogP contribution in [0.1, 0.15) is 49.5 Å². The van der Waals surface area contributed by atoms with Crippen LogP contribution < -0.4 is 10.6 Å². The molecule has 0 atom stereocenters. The summed E-state index contributed by atoms with van der Waals surface area (Å²) in [6, 6.07) is 20.6. The van der Waals surface area contributed by atoms with Gasteiger partial charge in [-0.25, -0.2) is 8.42 Å². The van der Waals surface area contributed by atoms with Crippen LogP contribution in [0.3, 0.4) is 0 Å². The van der Waals surface area contributed by atoms with Crippen LogP contribution in [-0.4, -0.2) is 37.6 Å². The van der Waals surface area contributed by atoms with Gasteiger partial charge in [0.25, 0.3) is 5.91 Å². The monoisotopic (exact) mass is 553 g/mol. The fraction of sp³-hybridized carbons (Fsp3) is 0.310. The highest BCUT2D eigenvalue weighted by Crippen LogP contribution is 2.27. The standard InChI is InChI=1S/C29H32ClN3O4S/c1-29(2,3)22-9-7-20(8-10-22)27(34)31-24-5-4-6-25(19-24)32-28(35)21-15-17-33(18-16-21)38(36,37)26-13-11-23(30)12-14-26/h4-14,19,21H,15-18H2,1-3H3,(H,31,34)(H,32,35). The Morgan fingerprint density at radius 3 is 2.03 bits per heavy atom. The molecule has 2 amide bonds. The summed E-state index contributed by atoms with van der Waals surface area (Å²) in [5, 5.41) is 6.26. The Morgan fingerprint density at radius 1 is 0.868 bits per heavy atom. The predicted molar refractivity (Wildman–Crippen MR) is 151 cm³/mol. The molecule has 1 fully saturated rings. The Kier molecular flexibility index (Phi) is 8.25. The van der Waals surface area contributed by atoms with E-state index in [1.54, 1.807) is 48.5 Å². The molecule has 7 nitrogen and oxygen atoms in total. The van der Waals surface area contributed by atoms with Gasteiger partial charge in [0.2, 0.25) is 15.9 Å². The molecule has 0 aromatic heterocycles. The van der Waals surface area contributed by atoms with E-state index in [2.05, 4.69) is 31.4 Å². The number of anilines is 2. The molecule has 0 unspecified atom stereocenters. The van der Waals surface area contributed by atoms with Gasteiger partial charge in [-0.15, -0.1) is 0 Å². The Hall–Kier alpha value is -3.20. The van der Waals surface area contributed by atoms with Crippen molar-refractivity contribution in [2.75, 3.05) is 23.7 Å². The van der Waals surface area contributed by atoms with Crippen LogP contribution in [0.5, 0.6) is 0 Å². The first-order valence-corrected chi connectivity index (χ1v) is 14.3. The van der Waals surface area contributed by atoms with Crippen molar-refractivity contribution in [3.8, 4) is 0 Å². The van der Waals surface area contributed by atoms with Crippen LogP contribution in [0, 0.1) is 5.92 Å². The molecule has 200 valence electrons. The number of carbonyl (C=O) groups is 2. The summed E-state index contributed by atoms with van der Waals surface area (Å²) in [7, 11) is -3.63. The highest BCUT2D eigenvalue weighted by Gasteiger charge is 2.32. The van der Waals surface area contributed by atoms with Crippen molar-refractivity contribution in [2.24, 2.45) is 5.92 Å². The maximum atomic E-state index is 12.9. The number of hydrogen-bond donors (Lipinski definition) is 2. The zero-order chi connectivity index (χ0) is 27.5. The molecule has 2 N–H and O–H groups in total. The fourth-order valence-electron chi connectivity index (χ4n) is 4.36. The van der Waals surface area contributed by atoms with E-state index in [1.807, 2.05) is 12.1 Å². The lowest BCUT2D eigenvalue weighted by molar-refractivity contribution is -0.120. The van der Waals surface area contributed by atoms with Crippen molar-refractivity contribution >= 4 is 44.8 Å². The molecular weight excluding hydrogens is 522 g/mol. The van der Waals surface area contributed by atoms with Crippen molar-refractivity contribution in [3.63, 3.8) is 0 Å². The largest absolute Gasteiger partial charge is 0.326 e. The molecular formula is C29H32ClN3O4S. The van der Waals surface area contributed by atoms with Crippen LogP contribution in [0.25, 0.3) is 0 Å². The van der Waals surface area contributed by atoms with E-state index in [9.17, 15) is 18.0 Å². The van der Waals surface area contributed by atoms with Gasteiger partial charge in [-0.3, -0.25) is 9.59 Å². The minimum atomic E-state index is -3.63. The number of carbonyl (C=O) groups excluding carboxylic acids is 2. The van der Waals surface area contributed by atoms with Gasteiger partial charge >= 0.3 is 0 Å². The van der Waals surface area contributed by atoms with Gasteiger partial charge < -0.3 is 10.6 Å². The molecule has 4 rings (SSSR count). The number of halogens is 1. The molecule has 38 heavy (non-hydrogen) atoms. The average molecular weight is 554 g/mol. The van der Waals surface area contributed by atoms with Gasteiger partial charge in [0.15, 0.2) is 0 Å². The molecule has 3 aromatic rings. The van der Waals surface area contributed by atoms with Gasteiger partial charge in [-0.1, -0.05) is 50.6 Å². The summed E-state index contributed by atoms with van der Waals surface area (Å²) >= 11 is 5.88. The van der Waals surface area contributed by atoms with Gasteiger partial charge in [-0.05, 0) is 78.4 Å². The third-order valence-electron chi connectivity index (χ3n) is 6.68. The van der Waals surface area contributed by atoms with E-state index in [4.69, 9.17) is 11.6 Å². The summed E-state index contributed by atoms with van der Waals surface area (Å²) in [4.78, 5) is 25.8. The Labute approximate surface area is 229 Å². The van der Waals surface area contributed by atoms with Gasteiger partial charge in [0.1, 0.15) is 0 Å². The summed E-state index contributed by atoms with van der Waals surface area (Å²) in [5.41, 5.74) is 2.83. The lowest BCUT2D eigenvalue weighted by Gasteiger charge is -2.30. The Balaban J connectivity index is 1.33. The first kappa shape index (κ1) is 27.8. The summed E-state index contributed by atoms with van der Waals surface area (Å²) in [6.07, 6.45) is 0.833. The highest BCUT2D eigenvalue weighted by atomic mass is 35.5. The number of hydrogen-bond acceptors (Lipinski definition) is 4. The number of piperidine rings is 1. The Bertz CT molecular complexity index is 1410. The molecule has 0 bridgehead atoms. The van der Waals surface area contributed by atoms with Gasteiger partial charge in [0, 0.05) is 41.0 Å². The summed E-state index contributed by atoms with van der Waals surface area (Å²) in [5.74, 6) is -0.718. The number of sulfonamides is 1. The van der Waals surface area contributed by atoms with E-state index in [0.717, 1.165) is 5.56 Å². The van der Waals surface area contributed by atoms with Crippen molar-refractivity contribution in [3.05, 3.63) is 88.9 Å². The molecule has 1 saturated heterocycles. The van der Waals surface area contributed by atoms with Crippen LogP contribution in [0.2, 0.25) is 5.02 Å². The van der Waals surface area contributed by atoms with E-state index < -0.39 is 10.0 Å². The quantitative estimate of drug-likeness (QED) is 0.395. The summed E-state index contributed by atoms with van der Waals surface area (Å²) < 4.78 is 27.2. The second kappa shape index (κ2) is 11.3. The smallest absolute Gasteiger partial charge is 0.255 e. The minimum Gasteiger partial charge on any atom is -0.326 e. The van der Waals surface area contributed by atoms with Crippen LogP contribution in [-0.2, 0) is 20.2 Å². The number of nitrogens with zero attached hydrogens (tertiary/aromatic N) is 1. The molecule has 0 radical (unpaired) electrons. The molecule has 1 aliphatic rings. The maximum absolute atomic E-state index is 12.9. The van der Waals surface area contributed by atoms with Gasteiger partial charge in [0.05, 0.1) is 4.90 Å². The lowest BCUT2D eigenvalue weighted by Crippen LogP contribution is -2.41. The first-order chi connectivity index (χ1) is 17.9. The number of benzene rings is 3. The third kappa shape index (κ3) is 6.62. The molecule has 1 heterocycles. The van der Waals surface area contributed by atoms with E-state index in [1.165, 1.54) is 16.4 Å². The number of rotatable bonds is 6. The third-order valence-corrected chi connectivity index (χ3v) is 8.84. The van der Waals surface area contributed by atoms with Crippen molar-refractivity contribution in [1.82, 2.24) is 4.31 Å². The first-order valence-electron chi connectivity index (χ1n) is 12.5. The van der Waals surface area contributed by atoms with E-state index >= 15 is 0 Å². The lowest BCUT2D eigenvalue weighted by atomic mass is 9.87. The molecule has 9 heteroatoms. The topological polar surface area (TPSA) is 95.6 Å². The molecule has 0 spiro atoms. The SMILES string of the molecule is CC(C)(C)c1ccc(C(=O)Nc2cccc(NC(=O)C3CCN(S(=O)(=O)c4ccc(Cl)cc4)CC3)c2)cc1. The predicted octanol–water partition coefficient (Wildman–Crippen LogP) is 5.93. The average Bonchev–Trinajstić information content (AvgIpc) is 2.89. The van der Waals surface area contributed by atoms with E-state index in [0.29, 0.717) is 34.8 Å². The zero-order valence-electron chi connectivity index (χ0n) is 21.7. The highest BCUT2D eigenvalue weighted by molar-refractivity contribution is 7.89. The number of nitrogens with one attached hydrogen (secondary N) is 2. The number of amides is 2. The molecule has 1 aliphatic heterocycles. The van der Waals surface area contributed by atoms with Crippen molar-refractivity contribution in [1.29, 1.82) is 0 Å². The normalized spacial score (nSPS) is 15.2. The fourth-order valence-corrected chi connectivity index (χ4v) is 5.95. The molecule has 3 aromatic carbocycles. The second-order valence-corrected chi connectivity index (χ2v) is 12.9. The van der Waals surface area contributed by atoms with Crippen molar-refractivity contribution in [2.45, 2.75) is 43.9 Å². The minimum absolute atomic E-state index is 0.00309. The van der Waals surface area contributed by atoms with Crippen LogP contribution in [0.15, 0.2) is 77.7 Å². The molecule has 0 aliphatic carbocycles.